The van der Waals surface area contributed by atoms with Crippen LogP contribution >= 0.6 is 11.6 Å². The van der Waals surface area contributed by atoms with Crippen molar-refractivity contribution < 1.29 is 4.74 Å². The Bertz CT molecular complexity index is 311. The van der Waals surface area contributed by atoms with Crippen LogP contribution in [-0.4, -0.2) is 31.7 Å². The lowest BCUT2D eigenvalue weighted by atomic mass is 10.1. The zero-order valence-electron chi connectivity index (χ0n) is 10.1. The van der Waals surface area contributed by atoms with E-state index in [0.717, 1.165) is 26.2 Å². The van der Waals surface area contributed by atoms with E-state index in [4.69, 9.17) is 16.3 Å². The average molecular weight is 254 g/mol. The van der Waals surface area contributed by atoms with Crippen LogP contribution in [-0.2, 0) is 11.2 Å². The van der Waals surface area contributed by atoms with E-state index < -0.39 is 0 Å². The molecular weight excluding hydrogens is 234 g/mol. The molecule has 2 unspecified atom stereocenters. The molecule has 0 aromatic heterocycles. The molecule has 0 spiro atoms. The summed E-state index contributed by atoms with van der Waals surface area (Å²) in [5.41, 5.74) is 1.34. The summed E-state index contributed by atoms with van der Waals surface area (Å²) in [4.78, 5) is 0. The third-order valence-corrected chi connectivity index (χ3v) is 3.60. The van der Waals surface area contributed by atoms with Gasteiger partial charge in [0.05, 0.1) is 6.61 Å². The molecule has 3 heteroatoms. The molecule has 0 bridgehead atoms. The van der Waals surface area contributed by atoms with Crippen LogP contribution in [0.4, 0.5) is 0 Å². The van der Waals surface area contributed by atoms with Gasteiger partial charge in [0.1, 0.15) is 0 Å². The number of rotatable bonds is 6. The summed E-state index contributed by atoms with van der Waals surface area (Å²) in [5, 5.41) is 3.55. The predicted octanol–water partition coefficient (Wildman–Crippen LogP) is 2.46. The van der Waals surface area contributed by atoms with E-state index in [0.29, 0.717) is 17.8 Å². The van der Waals surface area contributed by atoms with Crippen molar-refractivity contribution in [1.29, 1.82) is 0 Å². The van der Waals surface area contributed by atoms with E-state index in [-0.39, 0.29) is 0 Å². The predicted molar refractivity (Wildman–Crippen MR) is 71.6 cm³/mol. The Balaban J connectivity index is 1.76. The lowest BCUT2D eigenvalue weighted by Gasteiger charge is -2.18. The molecular formula is C14H20ClNO. The number of ether oxygens (including phenoxy) is 1. The van der Waals surface area contributed by atoms with Crippen LogP contribution in [0, 0.1) is 5.92 Å². The maximum Gasteiger partial charge on any atom is 0.0507 e. The highest BCUT2D eigenvalue weighted by atomic mass is 35.5. The summed E-state index contributed by atoms with van der Waals surface area (Å²) in [7, 11) is 0. The van der Waals surface area contributed by atoms with Crippen molar-refractivity contribution in [1.82, 2.24) is 5.32 Å². The molecule has 17 heavy (non-hydrogen) atoms. The maximum atomic E-state index is 6.01. The first-order valence-corrected chi connectivity index (χ1v) is 6.83. The summed E-state index contributed by atoms with van der Waals surface area (Å²) in [6, 6.07) is 10.9. The normalized spacial score (nSPS) is 21.6. The first-order chi connectivity index (χ1) is 8.38. The molecule has 1 aliphatic rings. The van der Waals surface area contributed by atoms with Gasteiger partial charge in [-0.1, -0.05) is 30.3 Å². The van der Waals surface area contributed by atoms with E-state index in [9.17, 15) is 0 Å². The molecule has 0 amide bonds. The Morgan fingerprint density at radius 3 is 2.82 bits per heavy atom. The maximum absolute atomic E-state index is 6.01. The fourth-order valence-corrected chi connectivity index (χ4v) is 2.38. The number of nitrogens with one attached hydrogen (secondary N) is 1. The molecule has 2 rings (SSSR count). The highest BCUT2D eigenvalue weighted by Gasteiger charge is 2.17. The van der Waals surface area contributed by atoms with Gasteiger partial charge in [-0.15, -0.1) is 11.6 Å². The number of halogens is 1. The molecule has 1 heterocycles. The second kappa shape index (κ2) is 7.00. The van der Waals surface area contributed by atoms with Gasteiger partial charge in [0.15, 0.2) is 0 Å². The molecule has 2 atom stereocenters. The zero-order valence-corrected chi connectivity index (χ0v) is 10.8. The number of hydrogen-bond acceptors (Lipinski definition) is 2. The van der Waals surface area contributed by atoms with Crippen LogP contribution in [0.2, 0.25) is 0 Å². The summed E-state index contributed by atoms with van der Waals surface area (Å²) >= 11 is 6.01. The van der Waals surface area contributed by atoms with E-state index in [1.165, 1.54) is 12.0 Å². The van der Waals surface area contributed by atoms with Gasteiger partial charge < -0.3 is 10.1 Å². The molecule has 1 fully saturated rings. The first kappa shape index (κ1) is 12.9. The average Bonchev–Trinajstić information content (AvgIpc) is 2.89. The van der Waals surface area contributed by atoms with Crippen LogP contribution in [0.3, 0.4) is 0 Å². The van der Waals surface area contributed by atoms with Gasteiger partial charge in [0, 0.05) is 25.1 Å². The Labute approximate surface area is 108 Å². The quantitative estimate of drug-likeness (QED) is 0.787. The Morgan fingerprint density at radius 1 is 1.35 bits per heavy atom. The third kappa shape index (κ3) is 4.30. The molecule has 2 nitrogen and oxygen atoms in total. The lowest BCUT2D eigenvalue weighted by Crippen LogP contribution is -2.36. The lowest BCUT2D eigenvalue weighted by molar-refractivity contribution is 0.184. The minimum atomic E-state index is 0.361. The molecule has 0 radical (unpaired) electrons. The van der Waals surface area contributed by atoms with Crippen molar-refractivity contribution in [3.63, 3.8) is 0 Å². The van der Waals surface area contributed by atoms with Crippen molar-refractivity contribution in [3.05, 3.63) is 35.9 Å². The zero-order chi connectivity index (χ0) is 11.9. The summed E-state index contributed by atoms with van der Waals surface area (Å²) in [6.07, 6.45) is 2.17. The van der Waals surface area contributed by atoms with Crippen LogP contribution in [0.25, 0.3) is 0 Å². The smallest absolute Gasteiger partial charge is 0.0507 e. The minimum Gasteiger partial charge on any atom is -0.381 e. The molecule has 1 saturated heterocycles. The van der Waals surface area contributed by atoms with E-state index in [2.05, 4.69) is 29.6 Å². The summed E-state index contributed by atoms with van der Waals surface area (Å²) < 4.78 is 5.37. The van der Waals surface area contributed by atoms with Gasteiger partial charge in [-0.05, 0) is 24.3 Å². The topological polar surface area (TPSA) is 21.3 Å². The molecule has 1 aliphatic heterocycles. The second-order valence-corrected chi connectivity index (χ2v) is 4.99. The van der Waals surface area contributed by atoms with E-state index in [1.54, 1.807) is 0 Å². The van der Waals surface area contributed by atoms with Crippen molar-refractivity contribution in [2.24, 2.45) is 5.92 Å². The van der Waals surface area contributed by atoms with Crippen molar-refractivity contribution in [2.75, 3.05) is 25.6 Å². The van der Waals surface area contributed by atoms with E-state index in [1.807, 2.05) is 6.07 Å². The van der Waals surface area contributed by atoms with Crippen LogP contribution < -0.4 is 5.32 Å². The van der Waals surface area contributed by atoms with Crippen molar-refractivity contribution >= 4 is 11.6 Å². The minimum absolute atomic E-state index is 0.361. The molecule has 0 aliphatic carbocycles. The van der Waals surface area contributed by atoms with Gasteiger partial charge in [-0.25, -0.2) is 0 Å². The van der Waals surface area contributed by atoms with Gasteiger partial charge in [0.25, 0.3) is 0 Å². The van der Waals surface area contributed by atoms with E-state index >= 15 is 0 Å². The molecule has 1 N–H and O–H groups in total. The van der Waals surface area contributed by atoms with Crippen LogP contribution in [0.1, 0.15) is 12.0 Å². The van der Waals surface area contributed by atoms with Gasteiger partial charge >= 0.3 is 0 Å². The number of benzene rings is 1. The first-order valence-electron chi connectivity index (χ1n) is 6.29. The highest BCUT2D eigenvalue weighted by molar-refractivity contribution is 6.18. The Morgan fingerprint density at radius 2 is 2.18 bits per heavy atom. The van der Waals surface area contributed by atoms with Crippen molar-refractivity contribution in [2.45, 2.75) is 18.9 Å². The Kier molecular flexibility index (Phi) is 5.30. The third-order valence-electron chi connectivity index (χ3n) is 3.23. The van der Waals surface area contributed by atoms with Crippen LogP contribution in [0.15, 0.2) is 30.3 Å². The van der Waals surface area contributed by atoms with Gasteiger partial charge in [-0.2, -0.15) is 0 Å². The van der Waals surface area contributed by atoms with Gasteiger partial charge in [0.2, 0.25) is 0 Å². The largest absolute Gasteiger partial charge is 0.381 e. The fourth-order valence-electron chi connectivity index (χ4n) is 2.16. The molecule has 94 valence electrons. The number of hydrogen-bond donors (Lipinski definition) is 1. The SMILES string of the molecule is ClCC(Cc1ccccc1)NCC1CCOC1. The number of alkyl halides is 1. The molecule has 1 aromatic carbocycles. The summed E-state index contributed by atoms with van der Waals surface area (Å²) in [5.74, 6) is 1.32. The second-order valence-electron chi connectivity index (χ2n) is 4.68. The monoisotopic (exact) mass is 253 g/mol. The van der Waals surface area contributed by atoms with Crippen molar-refractivity contribution in [3.8, 4) is 0 Å². The Hall–Kier alpha value is -0.570. The molecule has 1 aromatic rings. The standard InChI is InChI=1S/C14H20ClNO/c15-9-14(8-12-4-2-1-3-5-12)16-10-13-6-7-17-11-13/h1-5,13-14,16H,6-11H2. The summed E-state index contributed by atoms with van der Waals surface area (Å²) in [6.45, 7) is 2.83. The highest BCUT2D eigenvalue weighted by Crippen LogP contribution is 2.12. The molecule has 0 saturated carbocycles. The van der Waals surface area contributed by atoms with Crippen LogP contribution in [0.5, 0.6) is 0 Å². The van der Waals surface area contributed by atoms with Gasteiger partial charge in [-0.3, -0.25) is 0 Å². The fraction of sp³-hybridized carbons (Fsp3) is 0.571.